The first-order valence-electron chi connectivity index (χ1n) is 7.06. The van der Waals surface area contributed by atoms with Crippen LogP contribution in [-0.2, 0) is 9.59 Å². The molecule has 1 rings (SSSR count). The van der Waals surface area contributed by atoms with E-state index in [1.807, 2.05) is 6.92 Å². The number of hydrogen-bond donors (Lipinski definition) is 3. The summed E-state index contributed by atoms with van der Waals surface area (Å²) < 4.78 is 5.06. The molecule has 0 aliphatic carbocycles. The topological polar surface area (TPSA) is 71.9 Å². The molecule has 0 aromatic heterocycles. The highest BCUT2D eigenvalue weighted by Crippen LogP contribution is 2.14. The summed E-state index contributed by atoms with van der Waals surface area (Å²) in [7, 11) is 1.58. The first-order valence-corrected chi connectivity index (χ1v) is 7.06. The average molecular weight is 304 g/mol. The number of terminal acetylenes is 1. The van der Waals surface area contributed by atoms with Crippen molar-refractivity contribution >= 4 is 17.5 Å². The summed E-state index contributed by atoms with van der Waals surface area (Å²) in [6, 6.07) is 7.07. The van der Waals surface area contributed by atoms with Crippen LogP contribution in [-0.4, -0.2) is 45.1 Å². The van der Waals surface area contributed by atoms with Crippen molar-refractivity contribution in [1.29, 1.82) is 0 Å². The van der Waals surface area contributed by atoms with Crippen molar-refractivity contribution in [3.63, 3.8) is 0 Å². The maximum atomic E-state index is 12.0. The molecule has 6 nitrogen and oxygen atoms in total. The highest BCUT2D eigenvalue weighted by atomic mass is 16.5. The van der Waals surface area contributed by atoms with Crippen LogP contribution in [0.3, 0.4) is 0 Å². The number of nitrogens with one attached hydrogen (secondary N) is 3. The van der Waals surface area contributed by atoms with Crippen molar-refractivity contribution in [3.05, 3.63) is 24.3 Å². The van der Waals surface area contributed by atoms with E-state index in [2.05, 4.69) is 16.6 Å². The Kier molecular flexibility index (Phi) is 7.51. The van der Waals surface area contributed by atoms with Crippen molar-refractivity contribution in [3.8, 4) is 18.1 Å². The Balaban J connectivity index is 2.46. The SMILES string of the molecule is C#CCNC(=O)C[NH+](CC)CC(=O)Nc1ccc(OC)cc1. The van der Waals surface area contributed by atoms with Crippen molar-refractivity contribution in [2.45, 2.75) is 6.92 Å². The molecule has 1 aromatic carbocycles. The van der Waals surface area contributed by atoms with E-state index in [0.717, 1.165) is 10.6 Å². The quantitative estimate of drug-likeness (QED) is 0.556. The van der Waals surface area contributed by atoms with Crippen LogP contribution in [0.15, 0.2) is 24.3 Å². The number of benzene rings is 1. The van der Waals surface area contributed by atoms with Gasteiger partial charge in [-0.25, -0.2) is 0 Å². The number of likely N-dealkylation sites (N-methyl/N-ethyl adjacent to an activating group) is 1. The number of ether oxygens (including phenoxy) is 1. The normalized spacial score (nSPS) is 11.1. The standard InChI is InChI=1S/C16H21N3O3/c1-4-10-17-15(20)11-19(5-2)12-16(21)18-13-6-8-14(22-3)9-7-13/h1,6-9H,5,10-12H2,2-3H3,(H,17,20)(H,18,21)/p+1. The number of carbonyl (C=O) groups excluding carboxylic acids is 2. The largest absolute Gasteiger partial charge is 0.497 e. The third kappa shape index (κ3) is 6.29. The zero-order valence-corrected chi connectivity index (χ0v) is 12.9. The lowest BCUT2D eigenvalue weighted by Gasteiger charge is -2.16. The van der Waals surface area contributed by atoms with E-state index in [1.54, 1.807) is 31.4 Å². The summed E-state index contributed by atoms with van der Waals surface area (Å²) in [5, 5.41) is 5.39. The molecule has 1 atom stereocenters. The van der Waals surface area contributed by atoms with E-state index in [-0.39, 0.29) is 31.4 Å². The number of methoxy groups -OCH3 is 1. The van der Waals surface area contributed by atoms with Crippen LogP contribution in [0.1, 0.15) is 6.92 Å². The minimum atomic E-state index is -0.160. The lowest BCUT2D eigenvalue weighted by molar-refractivity contribution is -0.881. The van der Waals surface area contributed by atoms with Crippen molar-refractivity contribution in [2.75, 3.05) is 38.6 Å². The molecule has 1 aromatic rings. The van der Waals surface area contributed by atoms with Gasteiger partial charge in [-0.15, -0.1) is 6.42 Å². The van der Waals surface area contributed by atoms with E-state index in [9.17, 15) is 9.59 Å². The molecule has 3 N–H and O–H groups in total. The van der Waals surface area contributed by atoms with Crippen molar-refractivity contribution in [1.82, 2.24) is 5.32 Å². The third-order valence-electron chi connectivity index (χ3n) is 3.08. The molecule has 0 saturated heterocycles. The number of amides is 2. The van der Waals surface area contributed by atoms with Crippen LogP contribution in [0.5, 0.6) is 5.75 Å². The maximum absolute atomic E-state index is 12.0. The smallest absolute Gasteiger partial charge is 0.279 e. The Bertz CT molecular complexity index is 535. The van der Waals surface area contributed by atoms with Gasteiger partial charge in [0.2, 0.25) is 0 Å². The molecular weight excluding hydrogens is 282 g/mol. The molecule has 0 aliphatic heterocycles. The number of hydrogen-bond acceptors (Lipinski definition) is 3. The maximum Gasteiger partial charge on any atom is 0.279 e. The second-order valence-corrected chi connectivity index (χ2v) is 4.71. The summed E-state index contributed by atoms with van der Waals surface area (Å²) in [6.07, 6.45) is 5.08. The Hall–Kier alpha value is -2.52. The lowest BCUT2D eigenvalue weighted by Crippen LogP contribution is -3.14. The molecule has 0 spiro atoms. The highest BCUT2D eigenvalue weighted by Gasteiger charge is 2.16. The summed E-state index contributed by atoms with van der Waals surface area (Å²) in [6.45, 7) is 3.22. The van der Waals surface area contributed by atoms with Gasteiger partial charge in [0.15, 0.2) is 13.1 Å². The van der Waals surface area contributed by atoms with Gasteiger partial charge >= 0.3 is 0 Å². The molecule has 0 heterocycles. The Morgan fingerprint density at radius 3 is 2.41 bits per heavy atom. The van der Waals surface area contributed by atoms with E-state index < -0.39 is 0 Å². The van der Waals surface area contributed by atoms with Gasteiger partial charge in [-0.2, -0.15) is 0 Å². The summed E-state index contributed by atoms with van der Waals surface area (Å²) in [5.41, 5.74) is 0.693. The minimum Gasteiger partial charge on any atom is -0.497 e. The zero-order valence-electron chi connectivity index (χ0n) is 12.9. The van der Waals surface area contributed by atoms with E-state index in [1.165, 1.54) is 0 Å². The second-order valence-electron chi connectivity index (χ2n) is 4.71. The Morgan fingerprint density at radius 1 is 1.23 bits per heavy atom. The van der Waals surface area contributed by atoms with Gasteiger partial charge in [-0.3, -0.25) is 9.59 Å². The van der Waals surface area contributed by atoms with Crippen LogP contribution >= 0.6 is 0 Å². The molecule has 1 unspecified atom stereocenters. The summed E-state index contributed by atoms with van der Waals surface area (Å²) in [5.74, 6) is 2.76. The predicted octanol–water partition coefficient (Wildman–Crippen LogP) is -0.712. The van der Waals surface area contributed by atoms with Crippen LogP contribution in [0.4, 0.5) is 5.69 Å². The number of rotatable bonds is 8. The Labute approximate surface area is 130 Å². The number of carbonyl (C=O) groups is 2. The molecule has 0 fully saturated rings. The molecule has 0 bridgehead atoms. The van der Waals surface area contributed by atoms with Gasteiger partial charge in [-0.05, 0) is 31.2 Å². The lowest BCUT2D eigenvalue weighted by atomic mass is 10.3. The van der Waals surface area contributed by atoms with Crippen LogP contribution in [0, 0.1) is 12.3 Å². The molecule has 6 heteroatoms. The van der Waals surface area contributed by atoms with E-state index in [0.29, 0.717) is 12.2 Å². The molecule has 0 radical (unpaired) electrons. The first-order chi connectivity index (χ1) is 10.6. The average Bonchev–Trinajstić information content (AvgIpc) is 2.52. The minimum absolute atomic E-state index is 0.147. The predicted molar refractivity (Wildman–Crippen MR) is 84.7 cm³/mol. The zero-order chi connectivity index (χ0) is 16.4. The van der Waals surface area contributed by atoms with Gasteiger partial charge in [-0.1, -0.05) is 5.92 Å². The number of anilines is 1. The molecule has 2 amide bonds. The molecule has 0 saturated carbocycles. The van der Waals surface area contributed by atoms with Gasteiger partial charge in [0.1, 0.15) is 5.75 Å². The van der Waals surface area contributed by atoms with Gasteiger partial charge in [0.25, 0.3) is 11.8 Å². The monoisotopic (exact) mass is 304 g/mol. The van der Waals surface area contributed by atoms with Crippen LogP contribution in [0.2, 0.25) is 0 Å². The highest BCUT2D eigenvalue weighted by molar-refractivity contribution is 5.91. The molecule has 22 heavy (non-hydrogen) atoms. The molecular formula is C16H22N3O3+. The first kappa shape index (κ1) is 17.5. The molecule has 0 aliphatic rings. The second kappa shape index (κ2) is 9.42. The van der Waals surface area contributed by atoms with Gasteiger partial charge in [0.05, 0.1) is 20.2 Å². The van der Waals surface area contributed by atoms with Gasteiger partial charge in [0, 0.05) is 5.69 Å². The fourth-order valence-electron chi connectivity index (χ4n) is 1.86. The summed E-state index contributed by atoms with van der Waals surface area (Å²) >= 11 is 0. The van der Waals surface area contributed by atoms with E-state index in [4.69, 9.17) is 11.2 Å². The van der Waals surface area contributed by atoms with Gasteiger partial charge < -0.3 is 20.3 Å². The van der Waals surface area contributed by atoms with Crippen LogP contribution in [0.25, 0.3) is 0 Å². The third-order valence-corrected chi connectivity index (χ3v) is 3.08. The van der Waals surface area contributed by atoms with E-state index >= 15 is 0 Å². The fraction of sp³-hybridized carbons (Fsp3) is 0.375. The summed E-state index contributed by atoms with van der Waals surface area (Å²) in [4.78, 5) is 24.5. The van der Waals surface area contributed by atoms with Crippen molar-refractivity contribution < 1.29 is 19.2 Å². The van der Waals surface area contributed by atoms with Crippen LogP contribution < -0.4 is 20.3 Å². The fourth-order valence-corrected chi connectivity index (χ4v) is 1.86. The number of quaternary nitrogens is 1. The van der Waals surface area contributed by atoms with Crippen molar-refractivity contribution in [2.24, 2.45) is 0 Å². The molecule has 118 valence electrons. The Morgan fingerprint density at radius 2 is 1.86 bits per heavy atom.